The Balaban J connectivity index is 1.42. The van der Waals surface area contributed by atoms with Crippen molar-refractivity contribution in [2.45, 2.75) is 45.8 Å². The van der Waals surface area contributed by atoms with Gasteiger partial charge >= 0.3 is 0 Å². The highest BCUT2D eigenvalue weighted by atomic mass is 19.1. The molecule has 0 aliphatic carbocycles. The van der Waals surface area contributed by atoms with Gasteiger partial charge in [-0.15, -0.1) is 0 Å². The third kappa shape index (κ3) is 4.90. The summed E-state index contributed by atoms with van der Waals surface area (Å²) in [5, 5.41) is 13.0. The molecule has 4 rings (SSSR count). The number of aromatic nitrogens is 2. The Morgan fingerprint density at radius 2 is 2.00 bits per heavy atom. The molecule has 3 heterocycles. The first-order valence-corrected chi connectivity index (χ1v) is 10.9. The van der Waals surface area contributed by atoms with Crippen molar-refractivity contribution in [3.8, 4) is 11.3 Å². The SMILES string of the molecule is CCCc1cc(-c2ccc(F)c(C)c2)nn1CC(=O)N1CCN(C2CC=CN=N2)CC1. The molecule has 8 heteroatoms. The molecule has 1 aromatic heterocycles. The minimum absolute atomic E-state index is 0.0760. The predicted molar refractivity (Wildman–Crippen MR) is 117 cm³/mol. The maximum absolute atomic E-state index is 13.7. The van der Waals surface area contributed by atoms with Crippen molar-refractivity contribution in [2.24, 2.45) is 10.2 Å². The van der Waals surface area contributed by atoms with Gasteiger partial charge in [-0.25, -0.2) is 4.39 Å². The number of hydrogen-bond donors (Lipinski definition) is 0. The zero-order chi connectivity index (χ0) is 21.8. The second kappa shape index (κ2) is 9.51. The summed E-state index contributed by atoms with van der Waals surface area (Å²) in [5.74, 6) is -0.149. The van der Waals surface area contributed by atoms with Crippen LogP contribution in [-0.2, 0) is 17.8 Å². The van der Waals surface area contributed by atoms with Crippen molar-refractivity contribution in [3.63, 3.8) is 0 Å². The standard InChI is InChI=1S/C23H29FN6O/c1-3-5-19-15-21(18-7-8-20(24)17(2)14-18)27-30(19)16-23(31)29-12-10-28(11-13-29)22-6-4-9-25-26-22/h4,7-9,14-15,22H,3,5-6,10-13,16H2,1-2H3. The molecule has 1 saturated heterocycles. The number of aryl methyl sites for hydroxylation is 2. The van der Waals surface area contributed by atoms with Crippen molar-refractivity contribution < 1.29 is 9.18 Å². The van der Waals surface area contributed by atoms with Gasteiger partial charge in [0, 0.05) is 50.1 Å². The molecule has 1 aromatic carbocycles. The Morgan fingerprint density at radius 1 is 1.19 bits per heavy atom. The molecule has 0 radical (unpaired) electrons. The molecule has 7 nitrogen and oxygen atoms in total. The zero-order valence-electron chi connectivity index (χ0n) is 18.2. The first-order valence-electron chi connectivity index (χ1n) is 10.9. The summed E-state index contributed by atoms with van der Waals surface area (Å²) in [6, 6.07) is 7.03. The normalized spacial score (nSPS) is 19.2. The average Bonchev–Trinajstić information content (AvgIpc) is 3.19. The summed E-state index contributed by atoms with van der Waals surface area (Å²) in [5.41, 5.74) is 3.26. The third-order valence-electron chi connectivity index (χ3n) is 5.92. The van der Waals surface area contributed by atoms with E-state index in [1.54, 1.807) is 25.3 Å². The molecular formula is C23H29FN6O. The number of hydrogen-bond acceptors (Lipinski definition) is 5. The molecule has 1 atom stereocenters. The van der Waals surface area contributed by atoms with Crippen LogP contribution in [0.1, 0.15) is 31.0 Å². The van der Waals surface area contributed by atoms with E-state index in [1.165, 1.54) is 6.07 Å². The minimum Gasteiger partial charge on any atom is -0.339 e. The number of amides is 1. The summed E-state index contributed by atoms with van der Waals surface area (Å²) >= 11 is 0. The number of nitrogens with zero attached hydrogens (tertiary/aromatic N) is 6. The van der Waals surface area contributed by atoms with E-state index in [4.69, 9.17) is 5.10 Å². The van der Waals surface area contributed by atoms with Crippen LogP contribution in [0.3, 0.4) is 0 Å². The molecular weight excluding hydrogens is 395 g/mol. The molecule has 2 aliphatic rings. The van der Waals surface area contributed by atoms with E-state index in [2.05, 4.69) is 22.1 Å². The highest BCUT2D eigenvalue weighted by molar-refractivity contribution is 5.76. The van der Waals surface area contributed by atoms with Gasteiger partial charge in [0.05, 0.1) is 5.69 Å². The molecule has 1 unspecified atom stereocenters. The molecule has 0 bridgehead atoms. The molecule has 0 N–H and O–H groups in total. The van der Waals surface area contributed by atoms with E-state index < -0.39 is 0 Å². The van der Waals surface area contributed by atoms with Crippen LogP contribution in [0.4, 0.5) is 4.39 Å². The maximum atomic E-state index is 13.7. The maximum Gasteiger partial charge on any atom is 0.244 e. The van der Waals surface area contributed by atoms with Crippen LogP contribution in [-0.4, -0.2) is 57.8 Å². The van der Waals surface area contributed by atoms with E-state index in [-0.39, 0.29) is 24.4 Å². The van der Waals surface area contributed by atoms with Gasteiger partial charge in [0.2, 0.25) is 5.91 Å². The van der Waals surface area contributed by atoms with Crippen molar-refractivity contribution in [1.29, 1.82) is 0 Å². The van der Waals surface area contributed by atoms with Gasteiger partial charge in [-0.05, 0) is 43.2 Å². The van der Waals surface area contributed by atoms with Crippen LogP contribution >= 0.6 is 0 Å². The van der Waals surface area contributed by atoms with Crippen LogP contribution in [0.25, 0.3) is 11.3 Å². The van der Waals surface area contributed by atoms with Crippen LogP contribution < -0.4 is 0 Å². The number of piperazine rings is 1. The van der Waals surface area contributed by atoms with Gasteiger partial charge in [0.25, 0.3) is 0 Å². The van der Waals surface area contributed by atoms with Crippen LogP contribution in [0.5, 0.6) is 0 Å². The van der Waals surface area contributed by atoms with Gasteiger partial charge in [-0.3, -0.25) is 14.4 Å². The molecule has 0 spiro atoms. The van der Waals surface area contributed by atoms with E-state index in [9.17, 15) is 9.18 Å². The second-order valence-electron chi connectivity index (χ2n) is 8.14. The molecule has 1 amide bonds. The first-order chi connectivity index (χ1) is 15.0. The average molecular weight is 425 g/mol. The highest BCUT2D eigenvalue weighted by Gasteiger charge is 2.26. The lowest BCUT2D eigenvalue weighted by Crippen LogP contribution is -2.52. The van der Waals surface area contributed by atoms with Crippen LogP contribution in [0.2, 0.25) is 0 Å². The van der Waals surface area contributed by atoms with E-state index in [0.717, 1.165) is 49.3 Å². The highest BCUT2D eigenvalue weighted by Crippen LogP contribution is 2.23. The van der Waals surface area contributed by atoms with Gasteiger partial charge in [-0.1, -0.05) is 19.4 Å². The van der Waals surface area contributed by atoms with Crippen LogP contribution in [0.15, 0.2) is 46.8 Å². The largest absolute Gasteiger partial charge is 0.339 e. The van der Waals surface area contributed by atoms with E-state index in [1.807, 2.05) is 21.7 Å². The summed E-state index contributed by atoms with van der Waals surface area (Å²) in [6.45, 7) is 7.04. The Bertz CT molecular complexity index is 990. The topological polar surface area (TPSA) is 66.1 Å². The van der Waals surface area contributed by atoms with Crippen molar-refractivity contribution in [1.82, 2.24) is 19.6 Å². The lowest BCUT2D eigenvalue weighted by Gasteiger charge is -2.37. The quantitative estimate of drug-likeness (QED) is 0.709. The van der Waals surface area contributed by atoms with Gasteiger partial charge in [0.15, 0.2) is 0 Å². The van der Waals surface area contributed by atoms with Crippen molar-refractivity contribution >= 4 is 5.91 Å². The van der Waals surface area contributed by atoms with E-state index >= 15 is 0 Å². The molecule has 0 saturated carbocycles. The summed E-state index contributed by atoms with van der Waals surface area (Å²) in [7, 11) is 0. The lowest BCUT2D eigenvalue weighted by molar-refractivity contribution is -0.134. The predicted octanol–water partition coefficient (Wildman–Crippen LogP) is 3.79. The van der Waals surface area contributed by atoms with Crippen LogP contribution in [0, 0.1) is 12.7 Å². The second-order valence-corrected chi connectivity index (χ2v) is 8.14. The number of benzene rings is 1. The fourth-order valence-corrected chi connectivity index (χ4v) is 4.11. The third-order valence-corrected chi connectivity index (χ3v) is 5.92. The first kappa shape index (κ1) is 21.4. The van der Waals surface area contributed by atoms with Gasteiger partial charge < -0.3 is 4.90 Å². The Hall–Kier alpha value is -2.87. The number of azo groups is 1. The smallest absolute Gasteiger partial charge is 0.244 e. The zero-order valence-corrected chi connectivity index (χ0v) is 18.2. The van der Waals surface area contributed by atoms with E-state index in [0.29, 0.717) is 18.7 Å². The lowest BCUT2D eigenvalue weighted by atomic mass is 10.1. The van der Waals surface area contributed by atoms with Gasteiger partial charge in [-0.2, -0.15) is 15.3 Å². The van der Waals surface area contributed by atoms with Crippen molar-refractivity contribution in [3.05, 3.63) is 53.6 Å². The number of rotatable bonds is 6. The Morgan fingerprint density at radius 3 is 2.68 bits per heavy atom. The Labute approximate surface area is 182 Å². The Kier molecular flexibility index (Phi) is 6.56. The molecule has 31 heavy (non-hydrogen) atoms. The number of halogens is 1. The summed E-state index contributed by atoms with van der Waals surface area (Å²) in [4.78, 5) is 17.2. The van der Waals surface area contributed by atoms with Crippen molar-refractivity contribution in [2.75, 3.05) is 26.2 Å². The monoisotopic (exact) mass is 424 g/mol. The molecule has 2 aliphatic heterocycles. The number of carbonyl (C=O) groups excluding carboxylic acids is 1. The molecule has 2 aromatic rings. The fourth-order valence-electron chi connectivity index (χ4n) is 4.11. The number of carbonyl (C=O) groups is 1. The molecule has 164 valence electrons. The summed E-state index contributed by atoms with van der Waals surface area (Å²) in [6.07, 6.45) is 6.53. The minimum atomic E-state index is -0.225. The van der Waals surface area contributed by atoms with Gasteiger partial charge in [0.1, 0.15) is 18.5 Å². The fraction of sp³-hybridized carbons (Fsp3) is 0.478. The molecule has 1 fully saturated rings. The summed E-state index contributed by atoms with van der Waals surface area (Å²) < 4.78 is 15.5.